The van der Waals surface area contributed by atoms with Crippen LogP contribution in [-0.4, -0.2) is 47.2 Å². The van der Waals surface area contributed by atoms with Gasteiger partial charge in [0.15, 0.2) is 0 Å². The first kappa shape index (κ1) is 18.2. The van der Waals surface area contributed by atoms with Gasteiger partial charge in [-0.3, -0.25) is 9.59 Å². The number of fused-ring (bicyclic) bond motifs is 2. The minimum Gasteiger partial charge on any atom is -0.481 e. The van der Waals surface area contributed by atoms with Crippen LogP contribution in [0.3, 0.4) is 0 Å². The van der Waals surface area contributed by atoms with Gasteiger partial charge in [-0.15, -0.1) is 0 Å². The van der Waals surface area contributed by atoms with Crippen molar-refractivity contribution in [2.24, 2.45) is 11.8 Å². The SMILES string of the molecule is CCCCCN(CCCCC)C(=O)[C@H]1[C@@H](C(=O)O)[C@H]2CC[C@H]1O2. The first-order valence-electron chi connectivity index (χ1n) is 9.27. The normalized spacial score (nSPS) is 29.0. The summed E-state index contributed by atoms with van der Waals surface area (Å²) in [7, 11) is 0. The lowest BCUT2D eigenvalue weighted by Gasteiger charge is -2.31. The summed E-state index contributed by atoms with van der Waals surface area (Å²) < 4.78 is 5.75. The summed E-state index contributed by atoms with van der Waals surface area (Å²) in [6.45, 7) is 5.79. The van der Waals surface area contributed by atoms with Crippen LogP contribution in [0.2, 0.25) is 0 Å². The van der Waals surface area contributed by atoms with Crippen LogP contribution < -0.4 is 0 Å². The minimum atomic E-state index is -0.877. The molecule has 2 rings (SSSR count). The number of carboxylic acid groups (broad SMARTS) is 1. The zero-order valence-electron chi connectivity index (χ0n) is 14.5. The summed E-state index contributed by atoms with van der Waals surface area (Å²) in [5, 5.41) is 9.51. The molecule has 2 fully saturated rings. The fraction of sp³-hybridized carbons (Fsp3) is 0.889. The van der Waals surface area contributed by atoms with Crippen LogP contribution >= 0.6 is 0 Å². The number of hydrogen-bond donors (Lipinski definition) is 1. The van der Waals surface area contributed by atoms with Gasteiger partial charge in [0.1, 0.15) is 0 Å². The third-order valence-corrected chi connectivity index (χ3v) is 5.22. The largest absolute Gasteiger partial charge is 0.481 e. The van der Waals surface area contributed by atoms with Crippen LogP contribution in [0, 0.1) is 11.8 Å². The predicted octanol–water partition coefficient (Wildman–Crippen LogP) is 3.07. The van der Waals surface area contributed by atoms with Gasteiger partial charge >= 0.3 is 5.97 Å². The standard InChI is InChI=1S/C18H31NO4/c1-3-5-7-11-19(12-8-6-4-2)17(20)15-13-9-10-14(23-13)16(15)18(21)22/h13-16H,3-12H2,1-2H3,(H,21,22)/t13-,14-,15-,16+/m1/s1. The van der Waals surface area contributed by atoms with Crippen LogP contribution in [0.15, 0.2) is 0 Å². The third kappa shape index (κ3) is 4.25. The van der Waals surface area contributed by atoms with Crippen molar-refractivity contribution in [1.29, 1.82) is 0 Å². The molecule has 0 unspecified atom stereocenters. The van der Waals surface area contributed by atoms with E-state index in [2.05, 4.69) is 13.8 Å². The highest BCUT2D eigenvalue weighted by Crippen LogP contribution is 2.44. The molecule has 2 bridgehead atoms. The van der Waals surface area contributed by atoms with Crippen molar-refractivity contribution in [2.45, 2.75) is 77.4 Å². The Morgan fingerprint density at radius 1 is 0.957 bits per heavy atom. The topological polar surface area (TPSA) is 66.8 Å². The number of amides is 1. The molecule has 5 nitrogen and oxygen atoms in total. The second-order valence-electron chi connectivity index (χ2n) is 6.92. The van der Waals surface area contributed by atoms with Gasteiger partial charge in [0.05, 0.1) is 24.0 Å². The summed E-state index contributed by atoms with van der Waals surface area (Å²) in [6, 6.07) is 0. The van der Waals surface area contributed by atoms with E-state index in [4.69, 9.17) is 4.74 Å². The highest BCUT2D eigenvalue weighted by Gasteiger charge is 2.56. The van der Waals surface area contributed by atoms with Gasteiger partial charge in [-0.1, -0.05) is 39.5 Å². The maximum atomic E-state index is 13.0. The molecule has 4 atom stereocenters. The molecule has 2 saturated heterocycles. The average molecular weight is 325 g/mol. The van der Waals surface area contributed by atoms with Gasteiger partial charge in [0.25, 0.3) is 0 Å². The summed E-state index contributed by atoms with van der Waals surface area (Å²) >= 11 is 0. The molecule has 0 aliphatic carbocycles. The third-order valence-electron chi connectivity index (χ3n) is 5.22. The molecule has 0 radical (unpaired) electrons. The molecule has 23 heavy (non-hydrogen) atoms. The van der Waals surface area contributed by atoms with E-state index < -0.39 is 17.8 Å². The number of carboxylic acids is 1. The van der Waals surface area contributed by atoms with Crippen molar-refractivity contribution in [3.63, 3.8) is 0 Å². The highest BCUT2D eigenvalue weighted by atomic mass is 16.5. The number of ether oxygens (including phenoxy) is 1. The monoisotopic (exact) mass is 325 g/mol. The summed E-state index contributed by atoms with van der Waals surface area (Å²) in [5.41, 5.74) is 0. The van der Waals surface area contributed by atoms with Crippen LogP contribution in [0.5, 0.6) is 0 Å². The van der Waals surface area contributed by atoms with Gasteiger partial charge < -0.3 is 14.7 Å². The minimum absolute atomic E-state index is 0.0109. The Morgan fingerprint density at radius 2 is 1.48 bits per heavy atom. The van der Waals surface area contributed by atoms with E-state index in [-0.39, 0.29) is 18.1 Å². The Balaban J connectivity index is 2.03. The summed E-state index contributed by atoms with van der Waals surface area (Å²) in [4.78, 5) is 26.5. The number of aliphatic carboxylic acids is 1. The molecule has 5 heteroatoms. The van der Waals surface area contributed by atoms with Crippen LogP contribution in [0.25, 0.3) is 0 Å². The summed E-state index contributed by atoms with van der Waals surface area (Å²) in [6.07, 6.45) is 7.58. The van der Waals surface area contributed by atoms with E-state index in [0.29, 0.717) is 0 Å². The summed E-state index contributed by atoms with van der Waals surface area (Å²) in [5.74, 6) is -2.00. The molecule has 1 N–H and O–H groups in total. The molecular formula is C18H31NO4. The van der Waals surface area contributed by atoms with E-state index >= 15 is 0 Å². The lowest BCUT2D eigenvalue weighted by Crippen LogP contribution is -2.46. The molecule has 2 aliphatic heterocycles. The van der Waals surface area contributed by atoms with Crippen molar-refractivity contribution >= 4 is 11.9 Å². The smallest absolute Gasteiger partial charge is 0.310 e. The lowest BCUT2D eigenvalue weighted by molar-refractivity contribution is -0.151. The van der Waals surface area contributed by atoms with Crippen molar-refractivity contribution < 1.29 is 19.4 Å². The second-order valence-corrected chi connectivity index (χ2v) is 6.92. The molecule has 0 aromatic heterocycles. The molecular weight excluding hydrogens is 294 g/mol. The Morgan fingerprint density at radius 3 is 1.96 bits per heavy atom. The maximum absolute atomic E-state index is 13.0. The molecule has 0 aromatic rings. The fourth-order valence-corrected chi connectivity index (χ4v) is 3.95. The maximum Gasteiger partial charge on any atom is 0.310 e. The Hall–Kier alpha value is -1.10. The molecule has 1 amide bonds. The van der Waals surface area contributed by atoms with Crippen molar-refractivity contribution in [1.82, 2.24) is 4.90 Å². The second kappa shape index (κ2) is 8.67. The highest BCUT2D eigenvalue weighted by molar-refractivity contribution is 5.86. The van der Waals surface area contributed by atoms with Crippen molar-refractivity contribution in [2.75, 3.05) is 13.1 Å². The molecule has 2 heterocycles. The van der Waals surface area contributed by atoms with E-state index in [1.807, 2.05) is 4.90 Å². The van der Waals surface area contributed by atoms with Gasteiger partial charge in [-0.25, -0.2) is 0 Å². The Labute approximate surface area is 139 Å². The quantitative estimate of drug-likeness (QED) is 0.627. The molecule has 0 spiro atoms. The molecule has 0 aromatic carbocycles. The van der Waals surface area contributed by atoms with Gasteiger partial charge in [-0.05, 0) is 25.7 Å². The van der Waals surface area contributed by atoms with Crippen LogP contribution in [0.1, 0.15) is 65.2 Å². The number of nitrogens with zero attached hydrogens (tertiary/aromatic N) is 1. The fourth-order valence-electron chi connectivity index (χ4n) is 3.95. The molecule has 2 aliphatic rings. The van der Waals surface area contributed by atoms with Gasteiger partial charge in [0, 0.05) is 13.1 Å². The van der Waals surface area contributed by atoms with E-state index in [9.17, 15) is 14.7 Å². The zero-order valence-corrected chi connectivity index (χ0v) is 14.5. The van der Waals surface area contributed by atoms with Crippen LogP contribution in [-0.2, 0) is 14.3 Å². The molecule has 132 valence electrons. The number of rotatable bonds is 10. The zero-order chi connectivity index (χ0) is 16.8. The number of unbranched alkanes of at least 4 members (excludes halogenated alkanes) is 4. The lowest BCUT2D eigenvalue weighted by atomic mass is 9.78. The number of carbonyl (C=O) groups excluding carboxylic acids is 1. The van der Waals surface area contributed by atoms with E-state index in [1.54, 1.807) is 0 Å². The van der Waals surface area contributed by atoms with Gasteiger partial charge in [0.2, 0.25) is 5.91 Å². The number of hydrogen-bond acceptors (Lipinski definition) is 3. The number of carbonyl (C=O) groups is 2. The van der Waals surface area contributed by atoms with Crippen molar-refractivity contribution in [3.8, 4) is 0 Å². The Bertz CT molecular complexity index is 402. The Kier molecular flexibility index (Phi) is 6.88. The first-order valence-corrected chi connectivity index (χ1v) is 9.27. The van der Waals surface area contributed by atoms with Gasteiger partial charge in [-0.2, -0.15) is 0 Å². The van der Waals surface area contributed by atoms with Crippen molar-refractivity contribution in [3.05, 3.63) is 0 Å². The first-order chi connectivity index (χ1) is 11.1. The van der Waals surface area contributed by atoms with E-state index in [0.717, 1.165) is 64.5 Å². The average Bonchev–Trinajstić information content (AvgIpc) is 3.14. The van der Waals surface area contributed by atoms with E-state index in [1.165, 1.54) is 0 Å². The molecule has 0 saturated carbocycles. The van der Waals surface area contributed by atoms with Crippen LogP contribution in [0.4, 0.5) is 0 Å². The predicted molar refractivity (Wildman–Crippen MR) is 88.1 cm³/mol.